The van der Waals surface area contributed by atoms with E-state index in [2.05, 4.69) is 40.3 Å². The standard InChI is InChI=1S/C14H19BrClN/c1-2-17-13(9-10-5-3-6-10)11-7-4-8-12(15)14(11)16/h4,7-8,10,13,17H,2-3,5-6,9H2,1H3. The van der Waals surface area contributed by atoms with Gasteiger partial charge < -0.3 is 5.32 Å². The van der Waals surface area contributed by atoms with Crippen molar-refractivity contribution in [2.24, 2.45) is 5.92 Å². The molecular formula is C14H19BrClN. The Kier molecular flexibility index (Phi) is 4.89. The van der Waals surface area contributed by atoms with E-state index >= 15 is 0 Å². The molecule has 1 N–H and O–H groups in total. The molecule has 0 heterocycles. The number of hydrogen-bond acceptors (Lipinski definition) is 1. The highest BCUT2D eigenvalue weighted by Crippen LogP contribution is 2.38. The Bertz CT molecular complexity index is 376. The van der Waals surface area contributed by atoms with Crippen LogP contribution in [0.4, 0.5) is 0 Å². The van der Waals surface area contributed by atoms with Crippen LogP contribution in [-0.4, -0.2) is 6.54 Å². The van der Waals surface area contributed by atoms with Crippen molar-refractivity contribution < 1.29 is 0 Å². The Balaban J connectivity index is 2.15. The largest absolute Gasteiger partial charge is 0.310 e. The molecule has 3 heteroatoms. The number of halogens is 2. The molecule has 0 amide bonds. The smallest absolute Gasteiger partial charge is 0.0595 e. The van der Waals surface area contributed by atoms with Crippen molar-refractivity contribution in [2.75, 3.05) is 6.54 Å². The molecule has 1 unspecified atom stereocenters. The molecular weight excluding hydrogens is 298 g/mol. The molecule has 17 heavy (non-hydrogen) atoms. The quantitative estimate of drug-likeness (QED) is 0.811. The maximum Gasteiger partial charge on any atom is 0.0595 e. The first-order valence-corrected chi connectivity index (χ1v) is 7.56. The maximum absolute atomic E-state index is 6.38. The van der Waals surface area contributed by atoms with E-state index in [1.165, 1.54) is 31.2 Å². The van der Waals surface area contributed by atoms with E-state index in [-0.39, 0.29) is 0 Å². The van der Waals surface area contributed by atoms with Crippen molar-refractivity contribution in [1.29, 1.82) is 0 Å². The Morgan fingerprint density at radius 2 is 2.24 bits per heavy atom. The van der Waals surface area contributed by atoms with Crippen LogP contribution in [0.3, 0.4) is 0 Å². The van der Waals surface area contributed by atoms with Gasteiger partial charge in [0.2, 0.25) is 0 Å². The van der Waals surface area contributed by atoms with Crippen molar-refractivity contribution >= 4 is 27.5 Å². The van der Waals surface area contributed by atoms with Crippen molar-refractivity contribution in [3.63, 3.8) is 0 Å². The molecule has 1 atom stereocenters. The zero-order valence-electron chi connectivity index (χ0n) is 10.2. The van der Waals surface area contributed by atoms with Crippen molar-refractivity contribution in [2.45, 2.75) is 38.6 Å². The Morgan fingerprint density at radius 1 is 1.47 bits per heavy atom. The van der Waals surface area contributed by atoms with Gasteiger partial charge in [-0.3, -0.25) is 0 Å². The molecule has 1 saturated carbocycles. The lowest BCUT2D eigenvalue weighted by Crippen LogP contribution is -2.26. The van der Waals surface area contributed by atoms with E-state index in [1.54, 1.807) is 0 Å². The minimum absolute atomic E-state index is 0.398. The molecule has 1 aromatic rings. The molecule has 2 rings (SSSR count). The molecule has 1 aromatic carbocycles. The summed E-state index contributed by atoms with van der Waals surface area (Å²) in [6, 6.07) is 6.60. The highest BCUT2D eigenvalue weighted by molar-refractivity contribution is 9.10. The van der Waals surface area contributed by atoms with Crippen LogP contribution < -0.4 is 5.32 Å². The molecule has 0 spiro atoms. The van der Waals surface area contributed by atoms with Gasteiger partial charge in [-0.05, 0) is 46.4 Å². The van der Waals surface area contributed by atoms with Crippen LogP contribution in [0.25, 0.3) is 0 Å². The normalized spacial score (nSPS) is 17.8. The van der Waals surface area contributed by atoms with E-state index in [0.29, 0.717) is 6.04 Å². The van der Waals surface area contributed by atoms with Crippen molar-refractivity contribution in [1.82, 2.24) is 5.32 Å². The summed E-state index contributed by atoms with van der Waals surface area (Å²) in [5, 5.41) is 4.42. The molecule has 94 valence electrons. The second kappa shape index (κ2) is 6.21. The third kappa shape index (κ3) is 3.24. The van der Waals surface area contributed by atoms with E-state index < -0.39 is 0 Å². The predicted octanol–water partition coefficient (Wildman–Crippen LogP) is 4.94. The topological polar surface area (TPSA) is 12.0 Å². The average Bonchev–Trinajstić information content (AvgIpc) is 2.26. The second-order valence-electron chi connectivity index (χ2n) is 4.79. The Labute approximate surface area is 117 Å². The van der Waals surface area contributed by atoms with Crippen LogP contribution in [-0.2, 0) is 0 Å². The van der Waals surface area contributed by atoms with E-state index in [4.69, 9.17) is 11.6 Å². The summed E-state index contributed by atoms with van der Waals surface area (Å²) in [6.45, 7) is 3.14. The minimum Gasteiger partial charge on any atom is -0.310 e. The summed E-state index contributed by atoms with van der Waals surface area (Å²) in [6.07, 6.45) is 5.38. The number of nitrogens with one attached hydrogen (secondary N) is 1. The number of hydrogen-bond donors (Lipinski definition) is 1. The van der Waals surface area contributed by atoms with Gasteiger partial charge in [-0.25, -0.2) is 0 Å². The summed E-state index contributed by atoms with van der Waals surface area (Å²) in [4.78, 5) is 0. The zero-order valence-corrected chi connectivity index (χ0v) is 12.5. The van der Waals surface area contributed by atoms with E-state index in [1.807, 2.05) is 6.07 Å². The lowest BCUT2D eigenvalue weighted by atomic mass is 9.79. The number of rotatable bonds is 5. The van der Waals surface area contributed by atoms with Crippen LogP contribution >= 0.6 is 27.5 Å². The first-order valence-electron chi connectivity index (χ1n) is 6.39. The Hall–Kier alpha value is -0.0500. The third-order valence-electron chi connectivity index (χ3n) is 3.60. The summed E-state index contributed by atoms with van der Waals surface area (Å²) in [5.41, 5.74) is 1.23. The zero-order chi connectivity index (χ0) is 12.3. The molecule has 1 aliphatic carbocycles. The van der Waals surface area contributed by atoms with E-state index in [9.17, 15) is 0 Å². The van der Waals surface area contributed by atoms with Crippen LogP contribution in [0.2, 0.25) is 5.02 Å². The lowest BCUT2D eigenvalue weighted by Gasteiger charge is -2.30. The number of benzene rings is 1. The van der Waals surface area contributed by atoms with Gasteiger partial charge in [-0.15, -0.1) is 0 Å². The van der Waals surface area contributed by atoms with Gasteiger partial charge in [0, 0.05) is 10.5 Å². The van der Waals surface area contributed by atoms with Gasteiger partial charge in [0.05, 0.1) is 5.02 Å². The molecule has 0 bridgehead atoms. The van der Waals surface area contributed by atoms with Gasteiger partial charge in [-0.2, -0.15) is 0 Å². The lowest BCUT2D eigenvalue weighted by molar-refractivity contribution is 0.262. The molecule has 0 saturated heterocycles. The SMILES string of the molecule is CCNC(CC1CCC1)c1cccc(Br)c1Cl. The van der Waals surface area contributed by atoms with Crippen molar-refractivity contribution in [3.05, 3.63) is 33.3 Å². The predicted molar refractivity (Wildman–Crippen MR) is 77.5 cm³/mol. The van der Waals surface area contributed by atoms with Crippen molar-refractivity contribution in [3.8, 4) is 0 Å². The fourth-order valence-corrected chi connectivity index (χ4v) is 3.06. The monoisotopic (exact) mass is 315 g/mol. The fourth-order valence-electron chi connectivity index (χ4n) is 2.42. The van der Waals surface area contributed by atoms with Crippen LogP contribution in [0.15, 0.2) is 22.7 Å². The van der Waals surface area contributed by atoms with Gasteiger partial charge in [0.1, 0.15) is 0 Å². The van der Waals surface area contributed by atoms with Gasteiger partial charge in [0.25, 0.3) is 0 Å². The molecule has 0 aliphatic heterocycles. The highest BCUT2D eigenvalue weighted by Gasteiger charge is 2.24. The summed E-state index contributed by atoms with van der Waals surface area (Å²) < 4.78 is 0.994. The fraction of sp³-hybridized carbons (Fsp3) is 0.571. The summed E-state index contributed by atoms with van der Waals surface area (Å²) >= 11 is 9.88. The van der Waals surface area contributed by atoms with Gasteiger partial charge in [-0.1, -0.05) is 49.9 Å². The molecule has 1 aliphatic rings. The Morgan fingerprint density at radius 3 is 2.82 bits per heavy atom. The first kappa shape index (κ1) is 13.4. The van der Waals surface area contributed by atoms with Gasteiger partial charge >= 0.3 is 0 Å². The molecule has 1 nitrogen and oxygen atoms in total. The van der Waals surface area contributed by atoms with E-state index in [0.717, 1.165) is 22.0 Å². The second-order valence-corrected chi connectivity index (χ2v) is 6.02. The molecule has 1 fully saturated rings. The van der Waals surface area contributed by atoms with Crippen LogP contribution in [0, 0.1) is 5.92 Å². The van der Waals surface area contributed by atoms with Crippen LogP contribution in [0.1, 0.15) is 44.2 Å². The average molecular weight is 317 g/mol. The molecule has 0 radical (unpaired) electrons. The first-order chi connectivity index (χ1) is 8.22. The summed E-state index contributed by atoms with van der Waals surface area (Å²) in [5.74, 6) is 0.883. The minimum atomic E-state index is 0.398. The van der Waals surface area contributed by atoms with Crippen LogP contribution in [0.5, 0.6) is 0 Å². The third-order valence-corrected chi connectivity index (χ3v) is 4.91. The highest BCUT2D eigenvalue weighted by atomic mass is 79.9. The summed E-state index contributed by atoms with van der Waals surface area (Å²) in [7, 11) is 0. The maximum atomic E-state index is 6.38. The molecule has 0 aromatic heterocycles. The van der Waals surface area contributed by atoms with Gasteiger partial charge in [0.15, 0.2) is 0 Å².